The lowest BCUT2D eigenvalue weighted by Crippen LogP contribution is -2.15. The van der Waals surface area contributed by atoms with Gasteiger partial charge in [0, 0.05) is 21.9 Å². The minimum atomic E-state index is -0.435. The molecular weight excluding hydrogens is 347 g/mol. The number of thiophene rings is 1. The Balaban J connectivity index is 1.99. The van der Waals surface area contributed by atoms with Crippen LogP contribution in [0.25, 0.3) is 31.6 Å². The van der Waals surface area contributed by atoms with E-state index in [0.717, 1.165) is 17.7 Å². The van der Waals surface area contributed by atoms with Gasteiger partial charge in [-0.3, -0.25) is 14.0 Å². The van der Waals surface area contributed by atoms with Crippen LogP contribution in [0.3, 0.4) is 0 Å². The zero-order valence-electron chi connectivity index (χ0n) is 12.3. The van der Waals surface area contributed by atoms with Gasteiger partial charge in [0.15, 0.2) is 0 Å². The third-order valence-electron chi connectivity index (χ3n) is 4.42. The van der Waals surface area contributed by atoms with Gasteiger partial charge in [0.1, 0.15) is 16.0 Å². The van der Waals surface area contributed by atoms with Gasteiger partial charge in [-0.2, -0.15) is 0 Å². The lowest BCUT2D eigenvalue weighted by molar-refractivity contribution is 0.633. The average molecular weight is 358 g/mol. The van der Waals surface area contributed by atoms with Gasteiger partial charge in [-0.15, -0.1) is 11.3 Å². The van der Waals surface area contributed by atoms with Crippen molar-refractivity contribution in [3.63, 3.8) is 0 Å². The minimum absolute atomic E-state index is 0.141. The van der Waals surface area contributed by atoms with Crippen molar-refractivity contribution in [3.05, 3.63) is 56.0 Å². The van der Waals surface area contributed by atoms with Gasteiger partial charge in [0.05, 0.1) is 5.52 Å². The van der Waals surface area contributed by atoms with E-state index in [1.165, 1.54) is 28.9 Å². The molecule has 3 aromatic heterocycles. The van der Waals surface area contributed by atoms with Crippen molar-refractivity contribution in [2.45, 2.75) is 18.9 Å². The molecule has 0 bridgehead atoms. The zero-order chi connectivity index (χ0) is 16.4. The van der Waals surface area contributed by atoms with Crippen LogP contribution in [-0.2, 0) is 0 Å². The number of aromatic amines is 1. The molecule has 1 aliphatic rings. The molecule has 1 aliphatic carbocycles. The third kappa shape index (κ3) is 1.88. The first-order chi connectivity index (χ1) is 11.6. The topological polar surface area (TPSA) is 54.9 Å². The Morgan fingerprint density at radius 2 is 2.08 bits per heavy atom. The summed E-state index contributed by atoms with van der Waals surface area (Å²) in [6.07, 6.45) is 2.01. The van der Waals surface area contributed by atoms with E-state index in [-0.39, 0.29) is 22.4 Å². The van der Waals surface area contributed by atoms with Gasteiger partial charge in [-0.1, -0.05) is 6.07 Å². The molecule has 1 N–H and O–H groups in total. The van der Waals surface area contributed by atoms with Crippen LogP contribution in [0, 0.1) is 5.82 Å². The molecule has 0 radical (unpaired) electrons. The summed E-state index contributed by atoms with van der Waals surface area (Å²) in [6.45, 7) is 0. The number of aromatic nitrogens is 2. The van der Waals surface area contributed by atoms with E-state index >= 15 is 0 Å². The Morgan fingerprint density at radius 1 is 1.25 bits per heavy atom. The van der Waals surface area contributed by atoms with Crippen LogP contribution >= 0.6 is 22.9 Å². The molecule has 0 aliphatic heterocycles. The summed E-state index contributed by atoms with van der Waals surface area (Å²) < 4.78 is 19.3. The predicted octanol–water partition coefficient (Wildman–Crippen LogP) is 4.11. The van der Waals surface area contributed by atoms with E-state index in [1.54, 1.807) is 6.07 Å². The molecule has 4 aromatic rings. The third-order valence-corrected chi connectivity index (χ3v) is 6.20. The van der Waals surface area contributed by atoms with Gasteiger partial charge in [0.2, 0.25) is 5.43 Å². The molecular formula is C17H11FN2O2S2. The molecule has 0 saturated heterocycles. The maximum atomic E-state index is 14.6. The maximum Gasteiger partial charge on any atom is 0.271 e. The number of halogens is 1. The predicted molar refractivity (Wildman–Crippen MR) is 95.8 cm³/mol. The summed E-state index contributed by atoms with van der Waals surface area (Å²) in [5, 5.41) is 2.31. The largest absolute Gasteiger partial charge is 0.328 e. The van der Waals surface area contributed by atoms with Gasteiger partial charge in [0.25, 0.3) is 5.56 Å². The van der Waals surface area contributed by atoms with Crippen LogP contribution in [0.15, 0.2) is 39.2 Å². The summed E-state index contributed by atoms with van der Waals surface area (Å²) >= 11 is 2.64. The fourth-order valence-electron chi connectivity index (χ4n) is 3.17. The average Bonchev–Trinajstić information content (AvgIpc) is 3.10. The molecule has 120 valence electrons. The van der Waals surface area contributed by atoms with E-state index in [9.17, 15) is 14.0 Å². The van der Waals surface area contributed by atoms with E-state index in [4.69, 9.17) is 0 Å². The first-order valence-corrected chi connectivity index (χ1v) is 9.27. The Hall–Kier alpha value is -2.25. The second-order valence-corrected chi connectivity index (χ2v) is 7.71. The Morgan fingerprint density at radius 3 is 2.79 bits per heavy atom. The molecule has 4 nitrogen and oxygen atoms in total. The Labute approximate surface area is 143 Å². The van der Waals surface area contributed by atoms with Crippen molar-refractivity contribution < 1.29 is 4.39 Å². The van der Waals surface area contributed by atoms with E-state index in [0.29, 0.717) is 15.9 Å². The molecule has 24 heavy (non-hydrogen) atoms. The van der Waals surface area contributed by atoms with Crippen LogP contribution in [0.1, 0.15) is 18.9 Å². The van der Waals surface area contributed by atoms with Crippen molar-refractivity contribution in [1.82, 2.24) is 8.94 Å². The zero-order valence-corrected chi connectivity index (χ0v) is 14.0. The highest BCUT2D eigenvalue weighted by Crippen LogP contribution is 2.41. The monoisotopic (exact) mass is 358 g/mol. The minimum Gasteiger partial charge on any atom is -0.328 e. The van der Waals surface area contributed by atoms with Crippen LogP contribution in [0.5, 0.6) is 0 Å². The van der Waals surface area contributed by atoms with Crippen LogP contribution in [-0.4, -0.2) is 8.94 Å². The first-order valence-electron chi connectivity index (χ1n) is 7.58. The van der Waals surface area contributed by atoms with Gasteiger partial charge >= 0.3 is 0 Å². The van der Waals surface area contributed by atoms with E-state index < -0.39 is 11.2 Å². The van der Waals surface area contributed by atoms with Crippen molar-refractivity contribution in [1.29, 1.82) is 0 Å². The first kappa shape index (κ1) is 14.1. The molecule has 0 unspecified atom stereocenters. The second kappa shape index (κ2) is 4.87. The molecule has 0 spiro atoms. The fourth-order valence-corrected chi connectivity index (χ4v) is 4.84. The van der Waals surface area contributed by atoms with Crippen molar-refractivity contribution in [2.24, 2.45) is 0 Å². The number of H-pyrrole nitrogens is 1. The highest BCUT2D eigenvalue weighted by atomic mass is 32.1. The number of hydrogen-bond acceptors (Lipinski definition) is 4. The van der Waals surface area contributed by atoms with E-state index in [2.05, 4.69) is 4.37 Å². The number of nitrogens with zero attached hydrogens (tertiary/aromatic N) is 1. The van der Waals surface area contributed by atoms with Crippen molar-refractivity contribution in [2.75, 3.05) is 0 Å². The fraction of sp³-hybridized carbons (Fsp3) is 0.176. The Kier molecular flexibility index (Phi) is 2.87. The number of pyridine rings is 1. The second-order valence-electron chi connectivity index (χ2n) is 5.97. The summed E-state index contributed by atoms with van der Waals surface area (Å²) in [6, 6.07) is 7.03. The maximum absolute atomic E-state index is 14.6. The SMILES string of the molecule is O=c1[nH]sc2c1c(=O)c1cc(F)c(-c3cccs3)cc1n2C1CC1. The van der Waals surface area contributed by atoms with Crippen LogP contribution in [0.2, 0.25) is 0 Å². The molecule has 1 aromatic carbocycles. The standard InChI is InChI=1S/C17H11FN2O2S2/c18-11-6-10-12(7-9(11)13-2-1-5-23-13)20(8-3-4-8)17-14(15(10)21)16(22)19-24-17/h1-2,5-8H,3-4H2,(H,19,22). The lowest BCUT2D eigenvalue weighted by Gasteiger charge is -2.13. The molecule has 3 heterocycles. The quantitative estimate of drug-likeness (QED) is 0.586. The van der Waals surface area contributed by atoms with Gasteiger partial charge < -0.3 is 4.57 Å². The van der Waals surface area contributed by atoms with Crippen molar-refractivity contribution in [3.8, 4) is 10.4 Å². The molecule has 0 amide bonds. The van der Waals surface area contributed by atoms with Crippen molar-refractivity contribution >= 4 is 44.0 Å². The number of fused-ring (bicyclic) bond motifs is 2. The summed E-state index contributed by atoms with van der Waals surface area (Å²) in [7, 11) is 0. The molecule has 0 atom stereocenters. The number of nitrogens with one attached hydrogen (secondary N) is 1. The smallest absolute Gasteiger partial charge is 0.271 e. The summed E-state index contributed by atoms with van der Waals surface area (Å²) in [4.78, 5) is 26.2. The van der Waals surface area contributed by atoms with Crippen LogP contribution < -0.4 is 11.0 Å². The normalized spacial score (nSPS) is 14.7. The summed E-state index contributed by atoms with van der Waals surface area (Å²) in [5.41, 5.74) is 0.415. The highest BCUT2D eigenvalue weighted by Gasteiger charge is 2.29. The number of hydrogen-bond donors (Lipinski definition) is 1. The summed E-state index contributed by atoms with van der Waals surface area (Å²) in [5.74, 6) is -0.435. The van der Waals surface area contributed by atoms with Gasteiger partial charge in [-0.05, 0) is 48.0 Å². The lowest BCUT2D eigenvalue weighted by atomic mass is 10.1. The molecule has 7 heteroatoms. The number of benzene rings is 1. The van der Waals surface area contributed by atoms with E-state index in [1.807, 2.05) is 22.1 Å². The molecule has 1 saturated carbocycles. The number of rotatable bonds is 2. The highest BCUT2D eigenvalue weighted by molar-refractivity contribution is 7.13. The van der Waals surface area contributed by atoms with Crippen LogP contribution in [0.4, 0.5) is 4.39 Å². The Bertz CT molecular complexity index is 1210. The molecule has 1 fully saturated rings. The van der Waals surface area contributed by atoms with Gasteiger partial charge in [-0.25, -0.2) is 4.39 Å². The molecule has 5 rings (SSSR count).